The molecule has 4 heterocycles. The zero-order valence-electron chi connectivity index (χ0n) is 18.6. The molecule has 1 unspecified atom stereocenters. The average molecular weight is 464 g/mol. The Morgan fingerprint density at radius 1 is 1.15 bits per heavy atom. The zero-order chi connectivity index (χ0) is 23.4. The number of rotatable bonds is 4. The first-order chi connectivity index (χ1) is 15.9. The summed E-state index contributed by atoms with van der Waals surface area (Å²) in [6.07, 6.45) is 3.54. The van der Waals surface area contributed by atoms with E-state index < -0.39 is 6.10 Å². The standard InChI is InChI=1S/C18H16N6S.C5H9NO2/c1-12-10-19-18(21-15-8-9-24(2)23-15)22-16(12)14-11-25-17(20-14)13-6-4-3-5-7-13;1-6-3-2-4(7)5(6)8/h3-11H,1-2H3,(H,19,21,22,23);4,7H,2-3H2,1H3. The molecular formula is C23H25N7O2S. The number of amides is 1. The van der Waals surface area contributed by atoms with E-state index in [0.717, 1.165) is 27.5 Å². The van der Waals surface area contributed by atoms with Crippen LogP contribution in [-0.4, -0.2) is 60.3 Å². The highest BCUT2D eigenvalue weighted by atomic mass is 32.1. The second kappa shape index (κ2) is 9.88. The highest BCUT2D eigenvalue weighted by Crippen LogP contribution is 2.29. The number of hydrogen-bond acceptors (Lipinski definition) is 8. The molecule has 170 valence electrons. The molecule has 10 heteroatoms. The van der Waals surface area contributed by atoms with E-state index in [2.05, 4.69) is 32.5 Å². The normalized spacial score (nSPS) is 15.3. The molecule has 0 saturated carbocycles. The number of anilines is 2. The van der Waals surface area contributed by atoms with E-state index in [4.69, 9.17) is 10.1 Å². The molecule has 9 nitrogen and oxygen atoms in total. The van der Waals surface area contributed by atoms with Gasteiger partial charge in [0.2, 0.25) is 5.95 Å². The van der Waals surface area contributed by atoms with Gasteiger partial charge >= 0.3 is 0 Å². The van der Waals surface area contributed by atoms with Crippen LogP contribution in [0.5, 0.6) is 0 Å². The molecule has 1 amide bonds. The first-order valence-electron chi connectivity index (χ1n) is 10.5. The van der Waals surface area contributed by atoms with Crippen LogP contribution >= 0.6 is 11.3 Å². The van der Waals surface area contributed by atoms with Crippen molar-refractivity contribution in [2.45, 2.75) is 19.4 Å². The summed E-state index contributed by atoms with van der Waals surface area (Å²) in [6, 6.07) is 12.0. The topological polar surface area (TPSA) is 109 Å². The van der Waals surface area contributed by atoms with Gasteiger partial charge in [-0.05, 0) is 18.9 Å². The molecule has 2 N–H and O–H groups in total. The number of thiazole rings is 1. The number of aryl methyl sites for hydroxylation is 2. The van der Waals surface area contributed by atoms with Gasteiger partial charge in [-0.3, -0.25) is 9.48 Å². The van der Waals surface area contributed by atoms with Crippen LogP contribution in [0.1, 0.15) is 12.0 Å². The number of carbonyl (C=O) groups excluding carboxylic acids is 1. The van der Waals surface area contributed by atoms with Crippen molar-refractivity contribution in [1.29, 1.82) is 0 Å². The molecule has 3 aromatic heterocycles. The fourth-order valence-corrected chi connectivity index (χ4v) is 4.07. The van der Waals surface area contributed by atoms with E-state index in [1.807, 2.05) is 49.8 Å². The lowest BCUT2D eigenvalue weighted by Gasteiger charge is -2.05. The summed E-state index contributed by atoms with van der Waals surface area (Å²) < 4.78 is 1.73. The number of likely N-dealkylation sites (N-methyl/N-ethyl adjacent to an activating group) is 1. The third-order valence-corrected chi connectivity index (χ3v) is 5.98. The first kappa shape index (κ1) is 22.6. The van der Waals surface area contributed by atoms with Gasteiger partial charge in [0.25, 0.3) is 5.91 Å². The molecule has 1 aromatic carbocycles. The van der Waals surface area contributed by atoms with Gasteiger partial charge in [0, 0.05) is 50.0 Å². The summed E-state index contributed by atoms with van der Waals surface area (Å²) in [5, 5.41) is 19.2. The fraction of sp³-hybridized carbons (Fsp3) is 0.261. The number of nitrogens with zero attached hydrogens (tertiary/aromatic N) is 6. The molecule has 1 fully saturated rings. The number of hydrogen-bond donors (Lipinski definition) is 2. The molecule has 33 heavy (non-hydrogen) atoms. The molecule has 1 aliphatic heterocycles. The molecule has 0 aliphatic carbocycles. The van der Waals surface area contributed by atoms with E-state index in [0.29, 0.717) is 24.7 Å². The Hall–Kier alpha value is -3.63. The van der Waals surface area contributed by atoms with Gasteiger partial charge in [0.1, 0.15) is 16.8 Å². The number of aliphatic hydroxyl groups is 1. The van der Waals surface area contributed by atoms with Gasteiger partial charge in [-0.2, -0.15) is 5.10 Å². The Labute approximate surface area is 195 Å². The van der Waals surface area contributed by atoms with Crippen molar-refractivity contribution in [3.8, 4) is 22.0 Å². The Kier molecular flexibility index (Phi) is 6.76. The van der Waals surface area contributed by atoms with E-state index in [1.165, 1.54) is 4.90 Å². The van der Waals surface area contributed by atoms with Crippen LogP contribution in [0, 0.1) is 6.92 Å². The molecule has 1 saturated heterocycles. The third kappa shape index (κ3) is 5.41. The highest BCUT2D eigenvalue weighted by Gasteiger charge is 2.26. The lowest BCUT2D eigenvalue weighted by Crippen LogP contribution is -2.24. The van der Waals surface area contributed by atoms with Crippen molar-refractivity contribution in [1.82, 2.24) is 29.6 Å². The van der Waals surface area contributed by atoms with E-state index in [9.17, 15) is 4.79 Å². The quantitative estimate of drug-likeness (QED) is 0.478. The Balaban J connectivity index is 0.000000275. The number of likely N-dealkylation sites (tertiary alicyclic amines) is 1. The Bertz CT molecular complexity index is 1230. The minimum absolute atomic E-state index is 0.148. The van der Waals surface area contributed by atoms with Crippen molar-refractivity contribution < 1.29 is 9.90 Å². The Morgan fingerprint density at radius 3 is 2.55 bits per heavy atom. The Morgan fingerprint density at radius 2 is 1.94 bits per heavy atom. The highest BCUT2D eigenvalue weighted by molar-refractivity contribution is 7.13. The first-order valence-corrected chi connectivity index (χ1v) is 11.3. The van der Waals surface area contributed by atoms with Gasteiger partial charge in [-0.25, -0.2) is 15.0 Å². The summed E-state index contributed by atoms with van der Waals surface area (Å²) in [5.74, 6) is 1.07. The maximum Gasteiger partial charge on any atom is 0.251 e. The van der Waals surface area contributed by atoms with Gasteiger partial charge in [-0.15, -0.1) is 11.3 Å². The van der Waals surface area contributed by atoms with Gasteiger partial charge < -0.3 is 15.3 Å². The van der Waals surface area contributed by atoms with E-state index in [1.54, 1.807) is 29.3 Å². The molecule has 0 radical (unpaired) electrons. The van der Waals surface area contributed by atoms with Crippen LogP contribution in [0.25, 0.3) is 22.0 Å². The van der Waals surface area contributed by atoms with E-state index >= 15 is 0 Å². The van der Waals surface area contributed by atoms with Crippen LogP contribution in [0.4, 0.5) is 11.8 Å². The van der Waals surface area contributed by atoms with Crippen molar-refractivity contribution in [3.05, 3.63) is 59.7 Å². The number of benzene rings is 1. The summed E-state index contributed by atoms with van der Waals surface area (Å²) in [5.41, 5.74) is 3.77. The van der Waals surface area contributed by atoms with Crippen LogP contribution in [0.3, 0.4) is 0 Å². The SMILES string of the molecule is CN1CCC(O)C1=O.Cc1cnc(Nc2ccn(C)n2)nc1-c1csc(-c2ccccc2)n1. The third-order valence-electron chi connectivity index (χ3n) is 5.09. The fourth-order valence-electron chi connectivity index (χ4n) is 3.26. The van der Waals surface area contributed by atoms with Crippen molar-refractivity contribution >= 4 is 29.0 Å². The van der Waals surface area contributed by atoms with Crippen LogP contribution in [0.15, 0.2) is 54.2 Å². The number of carbonyl (C=O) groups is 1. The predicted molar refractivity (Wildman–Crippen MR) is 128 cm³/mol. The second-order valence-electron chi connectivity index (χ2n) is 7.69. The number of aliphatic hydroxyl groups excluding tert-OH is 1. The van der Waals surface area contributed by atoms with Gasteiger partial charge in [0.15, 0.2) is 5.82 Å². The lowest BCUT2D eigenvalue weighted by atomic mass is 10.2. The molecule has 1 aliphatic rings. The van der Waals surface area contributed by atoms with Crippen LogP contribution < -0.4 is 5.32 Å². The maximum atomic E-state index is 10.6. The summed E-state index contributed by atoms with van der Waals surface area (Å²) in [7, 11) is 3.56. The smallest absolute Gasteiger partial charge is 0.251 e. The molecule has 4 aromatic rings. The maximum absolute atomic E-state index is 10.6. The second-order valence-corrected chi connectivity index (χ2v) is 8.55. The minimum atomic E-state index is -0.722. The van der Waals surface area contributed by atoms with Crippen LogP contribution in [-0.2, 0) is 11.8 Å². The van der Waals surface area contributed by atoms with E-state index in [-0.39, 0.29) is 5.91 Å². The summed E-state index contributed by atoms with van der Waals surface area (Å²) in [6.45, 7) is 2.68. The predicted octanol–water partition coefficient (Wildman–Crippen LogP) is 3.26. The molecule has 5 rings (SSSR count). The largest absolute Gasteiger partial charge is 0.383 e. The molecule has 0 spiro atoms. The minimum Gasteiger partial charge on any atom is -0.383 e. The van der Waals surface area contributed by atoms with Gasteiger partial charge in [-0.1, -0.05) is 30.3 Å². The zero-order valence-corrected chi connectivity index (χ0v) is 19.5. The monoisotopic (exact) mass is 463 g/mol. The summed E-state index contributed by atoms with van der Waals surface area (Å²) >= 11 is 1.61. The summed E-state index contributed by atoms with van der Waals surface area (Å²) in [4.78, 5) is 25.8. The van der Waals surface area contributed by atoms with Crippen LogP contribution in [0.2, 0.25) is 0 Å². The molecular weight excluding hydrogens is 438 g/mol. The van der Waals surface area contributed by atoms with Crippen molar-refractivity contribution in [2.75, 3.05) is 18.9 Å². The number of aromatic nitrogens is 5. The van der Waals surface area contributed by atoms with Crippen molar-refractivity contribution in [3.63, 3.8) is 0 Å². The average Bonchev–Trinajstić information content (AvgIpc) is 3.54. The lowest BCUT2D eigenvalue weighted by molar-refractivity contribution is -0.133. The van der Waals surface area contributed by atoms with Crippen molar-refractivity contribution in [2.24, 2.45) is 7.05 Å². The molecule has 0 bridgehead atoms. The number of nitrogens with one attached hydrogen (secondary N) is 1. The molecule has 1 atom stereocenters. The van der Waals surface area contributed by atoms with Gasteiger partial charge in [0.05, 0.1) is 5.69 Å².